The second kappa shape index (κ2) is 7.41. The van der Waals surface area contributed by atoms with E-state index in [0.717, 1.165) is 0 Å². The summed E-state index contributed by atoms with van der Waals surface area (Å²) in [5.41, 5.74) is -3.12. The van der Waals surface area contributed by atoms with E-state index in [2.05, 4.69) is 0 Å². The third kappa shape index (κ3) is 3.24. The Kier molecular flexibility index (Phi) is 5.39. The summed E-state index contributed by atoms with van der Waals surface area (Å²) >= 11 is 0. The van der Waals surface area contributed by atoms with Crippen LogP contribution in [0.5, 0.6) is 0 Å². The largest absolute Gasteiger partial charge is 0.478 e. The highest BCUT2D eigenvalue weighted by Gasteiger charge is 2.74. The Balaban J connectivity index is 2.08. The number of carboxylic acid groups (broad SMARTS) is 2. The van der Waals surface area contributed by atoms with Crippen molar-refractivity contribution >= 4 is 23.9 Å². The van der Waals surface area contributed by atoms with Crippen molar-refractivity contribution in [3.05, 3.63) is 35.5 Å². The van der Waals surface area contributed by atoms with Gasteiger partial charge in [0.05, 0.1) is 0 Å². The molecule has 2 fully saturated rings. The zero-order chi connectivity index (χ0) is 22.3. The van der Waals surface area contributed by atoms with Gasteiger partial charge in [-0.2, -0.15) is 0 Å². The summed E-state index contributed by atoms with van der Waals surface area (Å²) in [6.07, 6.45) is 7.60. The van der Waals surface area contributed by atoms with Crippen LogP contribution in [0.1, 0.15) is 52.9 Å². The normalized spacial score (nSPS) is 35.8. The molecule has 2 bridgehead atoms. The molecule has 0 unspecified atom stereocenters. The lowest BCUT2D eigenvalue weighted by atomic mass is 9.62. The van der Waals surface area contributed by atoms with E-state index >= 15 is 0 Å². The van der Waals surface area contributed by atoms with Gasteiger partial charge in [0.1, 0.15) is 16.6 Å². The van der Waals surface area contributed by atoms with Crippen LogP contribution in [-0.2, 0) is 28.7 Å². The number of aliphatic carboxylic acids is 2. The van der Waals surface area contributed by atoms with Gasteiger partial charge in [0.25, 0.3) is 0 Å². The lowest BCUT2D eigenvalue weighted by Gasteiger charge is -2.54. The van der Waals surface area contributed by atoms with Crippen molar-refractivity contribution in [3.8, 4) is 0 Å². The Labute approximate surface area is 174 Å². The van der Waals surface area contributed by atoms with Crippen molar-refractivity contribution in [1.29, 1.82) is 0 Å². The van der Waals surface area contributed by atoms with Crippen molar-refractivity contribution in [3.63, 3.8) is 0 Å². The van der Waals surface area contributed by atoms with Gasteiger partial charge < -0.3 is 19.7 Å². The second-order valence-electron chi connectivity index (χ2n) is 8.48. The summed E-state index contributed by atoms with van der Waals surface area (Å²) in [6, 6.07) is 0. The van der Waals surface area contributed by atoms with E-state index < -0.39 is 40.5 Å². The predicted octanol–water partition coefficient (Wildman–Crippen LogP) is 2.78. The quantitative estimate of drug-likeness (QED) is 0.396. The number of hydrogen-bond donors (Lipinski definition) is 2. The Hall–Kier alpha value is -2.90. The number of carbonyl (C=O) groups is 4. The molecule has 1 saturated heterocycles. The third-order valence-corrected chi connectivity index (χ3v) is 6.80. The maximum Gasteiger partial charge on any atom is 0.331 e. The van der Waals surface area contributed by atoms with E-state index in [1.807, 2.05) is 0 Å². The van der Waals surface area contributed by atoms with Crippen molar-refractivity contribution in [2.45, 2.75) is 64.1 Å². The molecule has 2 N–H and O–H groups in total. The fourth-order valence-electron chi connectivity index (χ4n) is 5.33. The number of rotatable bonds is 5. The zero-order valence-corrected chi connectivity index (χ0v) is 17.3. The highest BCUT2D eigenvalue weighted by molar-refractivity contribution is 5.88. The SMILES string of the molecule is CC(=O)O[C@]12CCC(C(=O)O)=CC[C@]13CC[C@H]2[C@@](C)(C=CC=C(C)C(=O)O)OC3=O. The van der Waals surface area contributed by atoms with Crippen LogP contribution in [0.3, 0.4) is 0 Å². The third-order valence-electron chi connectivity index (χ3n) is 6.80. The molecule has 2 aliphatic carbocycles. The average molecular weight is 418 g/mol. The van der Waals surface area contributed by atoms with Crippen LogP contribution in [0, 0.1) is 11.3 Å². The predicted molar refractivity (Wildman–Crippen MR) is 104 cm³/mol. The molecular formula is C22H26O8. The molecule has 0 radical (unpaired) electrons. The van der Waals surface area contributed by atoms with Crippen molar-refractivity contribution in [2.24, 2.45) is 11.3 Å². The van der Waals surface area contributed by atoms with E-state index in [4.69, 9.17) is 14.6 Å². The van der Waals surface area contributed by atoms with Gasteiger partial charge in [-0.3, -0.25) is 9.59 Å². The zero-order valence-electron chi connectivity index (χ0n) is 17.3. The van der Waals surface area contributed by atoms with Crippen LogP contribution in [0.4, 0.5) is 0 Å². The first-order valence-electron chi connectivity index (χ1n) is 9.92. The Morgan fingerprint density at radius 2 is 1.93 bits per heavy atom. The van der Waals surface area contributed by atoms with Crippen LogP contribution in [-0.4, -0.2) is 45.3 Å². The lowest BCUT2D eigenvalue weighted by Crippen LogP contribution is -2.65. The molecule has 1 heterocycles. The summed E-state index contributed by atoms with van der Waals surface area (Å²) in [7, 11) is 0. The highest BCUT2D eigenvalue weighted by atomic mass is 16.6. The van der Waals surface area contributed by atoms with Crippen LogP contribution >= 0.6 is 0 Å². The highest BCUT2D eigenvalue weighted by Crippen LogP contribution is 2.65. The van der Waals surface area contributed by atoms with E-state index in [1.165, 1.54) is 26.0 Å². The smallest absolute Gasteiger partial charge is 0.331 e. The van der Waals surface area contributed by atoms with E-state index in [9.17, 15) is 24.3 Å². The van der Waals surface area contributed by atoms with Gasteiger partial charge in [-0.05, 0) is 52.0 Å². The average Bonchev–Trinajstić information content (AvgIpc) is 2.78. The molecule has 1 saturated carbocycles. The molecule has 0 spiro atoms. The number of ether oxygens (including phenoxy) is 2. The summed E-state index contributed by atoms with van der Waals surface area (Å²) in [4.78, 5) is 48.0. The Morgan fingerprint density at radius 1 is 1.23 bits per heavy atom. The maximum absolute atomic E-state index is 13.3. The van der Waals surface area contributed by atoms with E-state index in [1.54, 1.807) is 19.1 Å². The summed E-state index contributed by atoms with van der Waals surface area (Å²) in [5, 5.41) is 18.5. The van der Waals surface area contributed by atoms with Gasteiger partial charge in [0, 0.05) is 24.0 Å². The molecule has 0 aromatic rings. The molecule has 162 valence electrons. The number of hydrogen-bond acceptors (Lipinski definition) is 6. The Bertz CT molecular complexity index is 897. The molecule has 3 rings (SSSR count). The van der Waals surface area contributed by atoms with Crippen LogP contribution in [0.2, 0.25) is 0 Å². The number of esters is 2. The number of carbonyl (C=O) groups excluding carboxylic acids is 2. The van der Waals surface area contributed by atoms with Gasteiger partial charge in [-0.25, -0.2) is 9.59 Å². The molecule has 8 heteroatoms. The molecule has 30 heavy (non-hydrogen) atoms. The summed E-state index contributed by atoms with van der Waals surface area (Å²) in [6.45, 7) is 4.45. The van der Waals surface area contributed by atoms with Gasteiger partial charge in [0.15, 0.2) is 0 Å². The van der Waals surface area contributed by atoms with Crippen LogP contribution in [0.25, 0.3) is 0 Å². The molecule has 0 aromatic carbocycles. The molecule has 0 amide bonds. The molecule has 3 aliphatic rings. The first-order chi connectivity index (χ1) is 14.0. The summed E-state index contributed by atoms with van der Waals surface area (Å²) in [5.74, 6) is -3.55. The number of cyclic esters (lactones) is 1. The van der Waals surface area contributed by atoms with E-state index in [-0.39, 0.29) is 36.3 Å². The molecule has 4 atom stereocenters. The van der Waals surface area contributed by atoms with Crippen molar-refractivity contribution in [1.82, 2.24) is 0 Å². The molecular weight excluding hydrogens is 392 g/mol. The minimum Gasteiger partial charge on any atom is -0.478 e. The fraction of sp³-hybridized carbons (Fsp3) is 0.545. The lowest BCUT2D eigenvalue weighted by molar-refractivity contribution is -0.235. The monoisotopic (exact) mass is 418 g/mol. The maximum atomic E-state index is 13.3. The van der Waals surface area contributed by atoms with Crippen LogP contribution < -0.4 is 0 Å². The van der Waals surface area contributed by atoms with Crippen molar-refractivity contribution < 1.29 is 38.9 Å². The molecule has 1 aliphatic heterocycles. The molecule has 0 aromatic heterocycles. The minimum atomic E-state index is -1.19. The van der Waals surface area contributed by atoms with Gasteiger partial charge in [-0.1, -0.05) is 18.2 Å². The van der Waals surface area contributed by atoms with E-state index in [0.29, 0.717) is 12.8 Å². The van der Waals surface area contributed by atoms with Gasteiger partial charge >= 0.3 is 23.9 Å². The topological polar surface area (TPSA) is 127 Å². The fourth-order valence-corrected chi connectivity index (χ4v) is 5.33. The standard InChI is InChI=1S/C22H26O8/c1-13(17(24)25)5-4-9-20(3)16-8-11-21(19(28)30-20)10-6-15(18(26)27)7-12-22(16,21)29-14(2)23/h4-6,9,16H,7-8,10-12H2,1-3H3,(H,24,25)(H,26,27)/t16-,20+,21+,22-/m0/s1. The van der Waals surface area contributed by atoms with Crippen LogP contribution in [0.15, 0.2) is 35.5 Å². The van der Waals surface area contributed by atoms with Gasteiger partial charge in [-0.15, -0.1) is 0 Å². The first-order valence-corrected chi connectivity index (χ1v) is 9.92. The second-order valence-corrected chi connectivity index (χ2v) is 8.48. The summed E-state index contributed by atoms with van der Waals surface area (Å²) < 4.78 is 11.7. The van der Waals surface area contributed by atoms with Crippen molar-refractivity contribution in [2.75, 3.05) is 0 Å². The molecule has 8 nitrogen and oxygen atoms in total. The minimum absolute atomic E-state index is 0.122. The van der Waals surface area contributed by atoms with Gasteiger partial charge in [0.2, 0.25) is 0 Å². The number of carboxylic acids is 2. The first kappa shape index (κ1) is 21.8. The Morgan fingerprint density at radius 3 is 2.53 bits per heavy atom. The number of allylic oxidation sites excluding steroid dienone is 3.